The van der Waals surface area contributed by atoms with Gasteiger partial charge in [-0.15, -0.1) is 0 Å². The van der Waals surface area contributed by atoms with Gasteiger partial charge in [0.05, 0.1) is 7.11 Å². The maximum Gasteiger partial charge on any atom is 0.218 e. The number of nitrogens with zero attached hydrogens (tertiary/aromatic N) is 2. The van der Waals surface area contributed by atoms with Crippen LogP contribution in [0, 0.1) is 6.92 Å². The quantitative estimate of drug-likeness (QED) is 0.942. The van der Waals surface area contributed by atoms with Gasteiger partial charge in [-0.05, 0) is 24.6 Å². The molecule has 0 amide bonds. The summed E-state index contributed by atoms with van der Waals surface area (Å²) in [4.78, 5) is 8.45. The van der Waals surface area contributed by atoms with Crippen molar-refractivity contribution in [2.45, 2.75) is 13.5 Å². The maximum atomic E-state index is 5.11. The average molecular weight is 308 g/mol. The van der Waals surface area contributed by atoms with Gasteiger partial charge in [-0.3, -0.25) is 0 Å². The number of hydrogen-bond acceptors (Lipinski definition) is 4. The molecule has 0 spiro atoms. The maximum absolute atomic E-state index is 5.11. The molecule has 1 heterocycles. The molecule has 18 heavy (non-hydrogen) atoms. The lowest BCUT2D eigenvalue weighted by atomic mass is 10.2. The van der Waals surface area contributed by atoms with E-state index in [0.29, 0.717) is 18.2 Å². The summed E-state index contributed by atoms with van der Waals surface area (Å²) in [5.41, 5.74) is 1.18. The standard InChI is InChI=1S/C13H14BrN3O/c1-9-16-12(7-13(17-9)18-2)15-8-10-4-3-5-11(14)6-10/h3-7H,8H2,1-2H3,(H,15,16,17). The first-order chi connectivity index (χ1) is 8.67. The van der Waals surface area contributed by atoms with Crippen LogP contribution in [0.25, 0.3) is 0 Å². The summed E-state index contributed by atoms with van der Waals surface area (Å²) in [5.74, 6) is 2.02. The topological polar surface area (TPSA) is 47.0 Å². The summed E-state index contributed by atoms with van der Waals surface area (Å²) >= 11 is 3.45. The summed E-state index contributed by atoms with van der Waals surface area (Å²) in [6, 6.07) is 9.92. The number of rotatable bonds is 4. The van der Waals surface area contributed by atoms with E-state index in [0.717, 1.165) is 10.3 Å². The van der Waals surface area contributed by atoms with Gasteiger partial charge < -0.3 is 10.1 Å². The third-order valence-electron chi connectivity index (χ3n) is 2.39. The molecular formula is C13H14BrN3O. The lowest BCUT2D eigenvalue weighted by Crippen LogP contribution is -2.04. The van der Waals surface area contributed by atoms with Crippen molar-refractivity contribution in [2.75, 3.05) is 12.4 Å². The van der Waals surface area contributed by atoms with Crippen molar-refractivity contribution in [3.63, 3.8) is 0 Å². The highest BCUT2D eigenvalue weighted by molar-refractivity contribution is 9.10. The van der Waals surface area contributed by atoms with Crippen molar-refractivity contribution in [2.24, 2.45) is 0 Å². The largest absolute Gasteiger partial charge is 0.481 e. The average Bonchev–Trinajstić information content (AvgIpc) is 2.36. The van der Waals surface area contributed by atoms with Crippen LogP contribution in [0.2, 0.25) is 0 Å². The smallest absolute Gasteiger partial charge is 0.218 e. The molecule has 2 rings (SSSR count). The third kappa shape index (κ3) is 3.43. The molecule has 0 aliphatic heterocycles. The van der Waals surface area contributed by atoms with Crippen molar-refractivity contribution >= 4 is 21.7 Å². The Balaban J connectivity index is 2.08. The predicted molar refractivity (Wildman–Crippen MR) is 74.8 cm³/mol. The molecule has 0 fully saturated rings. The highest BCUT2D eigenvalue weighted by atomic mass is 79.9. The molecule has 0 saturated carbocycles. The second kappa shape index (κ2) is 5.82. The first-order valence-corrected chi connectivity index (χ1v) is 6.34. The Morgan fingerprint density at radius 2 is 2.11 bits per heavy atom. The summed E-state index contributed by atoms with van der Waals surface area (Å²) < 4.78 is 6.18. The summed E-state index contributed by atoms with van der Waals surface area (Å²) in [6.07, 6.45) is 0. The number of aromatic nitrogens is 2. The zero-order chi connectivity index (χ0) is 13.0. The van der Waals surface area contributed by atoms with Crippen molar-refractivity contribution in [1.82, 2.24) is 9.97 Å². The third-order valence-corrected chi connectivity index (χ3v) is 2.88. The van der Waals surface area contributed by atoms with Crippen LogP contribution in [-0.4, -0.2) is 17.1 Å². The van der Waals surface area contributed by atoms with Crippen LogP contribution in [0.15, 0.2) is 34.8 Å². The van der Waals surface area contributed by atoms with Crippen molar-refractivity contribution in [3.8, 4) is 5.88 Å². The Bertz CT molecular complexity index is 546. The molecule has 0 unspecified atom stereocenters. The van der Waals surface area contributed by atoms with E-state index in [1.54, 1.807) is 13.2 Å². The molecule has 0 aliphatic rings. The highest BCUT2D eigenvalue weighted by Gasteiger charge is 2.01. The minimum absolute atomic E-state index is 0.569. The van der Waals surface area contributed by atoms with Gasteiger partial charge in [-0.1, -0.05) is 28.1 Å². The Labute approximate surface area is 115 Å². The molecule has 0 saturated heterocycles. The van der Waals surface area contributed by atoms with E-state index in [-0.39, 0.29) is 0 Å². The Morgan fingerprint density at radius 1 is 1.28 bits per heavy atom. The first kappa shape index (κ1) is 12.8. The van der Waals surface area contributed by atoms with E-state index in [2.05, 4.69) is 43.3 Å². The van der Waals surface area contributed by atoms with E-state index in [9.17, 15) is 0 Å². The Hall–Kier alpha value is -1.62. The molecule has 0 atom stereocenters. The lowest BCUT2D eigenvalue weighted by molar-refractivity contribution is 0.396. The number of aryl methyl sites for hydroxylation is 1. The van der Waals surface area contributed by atoms with E-state index in [1.807, 2.05) is 19.1 Å². The van der Waals surface area contributed by atoms with E-state index < -0.39 is 0 Å². The number of nitrogens with one attached hydrogen (secondary N) is 1. The van der Waals surface area contributed by atoms with E-state index in [4.69, 9.17) is 4.74 Å². The van der Waals surface area contributed by atoms with Crippen molar-refractivity contribution in [3.05, 3.63) is 46.2 Å². The number of anilines is 1. The molecule has 2 aromatic rings. The molecule has 4 nitrogen and oxygen atoms in total. The molecular weight excluding hydrogens is 294 g/mol. The molecule has 0 bridgehead atoms. The SMILES string of the molecule is COc1cc(NCc2cccc(Br)c2)nc(C)n1. The van der Waals surface area contributed by atoms with Crippen LogP contribution in [-0.2, 0) is 6.54 Å². The molecule has 1 N–H and O–H groups in total. The molecule has 5 heteroatoms. The second-order valence-corrected chi connectivity index (χ2v) is 4.74. The van der Waals surface area contributed by atoms with Gasteiger partial charge >= 0.3 is 0 Å². The molecule has 1 aromatic carbocycles. The molecule has 94 valence electrons. The van der Waals surface area contributed by atoms with Gasteiger partial charge in [0.25, 0.3) is 0 Å². The van der Waals surface area contributed by atoms with E-state index >= 15 is 0 Å². The number of hydrogen-bond donors (Lipinski definition) is 1. The van der Waals surface area contributed by atoms with Gasteiger partial charge in [0.1, 0.15) is 11.6 Å². The highest BCUT2D eigenvalue weighted by Crippen LogP contribution is 2.15. The van der Waals surface area contributed by atoms with Crippen LogP contribution in [0.5, 0.6) is 5.88 Å². The lowest BCUT2D eigenvalue weighted by Gasteiger charge is -2.08. The number of ether oxygens (including phenoxy) is 1. The zero-order valence-electron chi connectivity index (χ0n) is 10.3. The minimum Gasteiger partial charge on any atom is -0.481 e. The van der Waals surface area contributed by atoms with Crippen LogP contribution in [0.1, 0.15) is 11.4 Å². The number of halogens is 1. The van der Waals surface area contributed by atoms with Gasteiger partial charge in [-0.25, -0.2) is 4.98 Å². The van der Waals surface area contributed by atoms with Crippen molar-refractivity contribution in [1.29, 1.82) is 0 Å². The van der Waals surface area contributed by atoms with Gasteiger partial charge in [0, 0.05) is 17.1 Å². The van der Waals surface area contributed by atoms with Crippen LogP contribution >= 0.6 is 15.9 Å². The van der Waals surface area contributed by atoms with Gasteiger partial charge in [0.2, 0.25) is 5.88 Å². The number of benzene rings is 1. The molecule has 1 aromatic heterocycles. The van der Waals surface area contributed by atoms with Crippen LogP contribution in [0.3, 0.4) is 0 Å². The molecule has 0 aliphatic carbocycles. The fourth-order valence-corrected chi connectivity index (χ4v) is 2.02. The first-order valence-electron chi connectivity index (χ1n) is 5.55. The summed E-state index contributed by atoms with van der Waals surface area (Å²) in [5, 5.41) is 3.25. The summed E-state index contributed by atoms with van der Waals surface area (Å²) in [7, 11) is 1.60. The predicted octanol–water partition coefficient (Wildman–Crippen LogP) is 3.17. The fraction of sp³-hybridized carbons (Fsp3) is 0.231. The van der Waals surface area contributed by atoms with Gasteiger partial charge in [0.15, 0.2) is 0 Å². The van der Waals surface area contributed by atoms with Crippen LogP contribution in [0.4, 0.5) is 5.82 Å². The number of methoxy groups -OCH3 is 1. The monoisotopic (exact) mass is 307 g/mol. The Morgan fingerprint density at radius 3 is 2.83 bits per heavy atom. The molecule has 0 radical (unpaired) electrons. The fourth-order valence-electron chi connectivity index (χ4n) is 1.57. The van der Waals surface area contributed by atoms with E-state index in [1.165, 1.54) is 5.56 Å². The second-order valence-electron chi connectivity index (χ2n) is 3.83. The Kier molecular flexibility index (Phi) is 4.15. The normalized spacial score (nSPS) is 10.2. The summed E-state index contributed by atoms with van der Waals surface area (Å²) in [6.45, 7) is 2.55. The van der Waals surface area contributed by atoms with Crippen molar-refractivity contribution < 1.29 is 4.74 Å². The van der Waals surface area contributed by atoms with Gasteiger partial charge in [-0.2, -0.15) is 4.98 Å². The minimum atomic E-state index is 0.569. The van der Waals surface area contributed by atoms with Crippen LogP contribution < -0.4 is 10.1 Å². The zero-order valence-corrected chi connectivity index (χ0v) is 11.9.